The Morgan fingerprint density at radius 3 is 2.39 bits per heavy atom. The number of piperidine rings is 1. The van der Waals surface area contributed by atoms with Gasteiger partial charge in [0.05, 0.1) is 0 Å². The lowest BCUT2D eigenvalue weighted by atomic mass is 9.96. The van der Waals surface area contributed by atoms with Crippen molar-refractivity contribution in [3.63, 3.8) is 0 Å². The van der Waals surface area contributed by atoms with Gasteiger partial charge in [0.2, 0.25) is 0 Å². The van der Waals surface area contributed by atoms with Crippen LogP contribution < -0.4 is 0 Å². The van der Waals surface area contributed by atoms with Crippen LogP contribution in [-0.2, 0) is 6.54 Å². The van der Waals surface area contributed by atoms with Crippen molar-refractivity contribution in [3.05, 3.63) is 76.5 Å². The smallest absolute Gasteiger partial charge is 0.253 e. The molecular weight excluding hydrogens is 393 g/mol. The third kappa shape index (κ3) is 4.23. The third-order valence-electron chi connectivity index (χ3n) is 5.21. The van der Waals surface area contributed by atoms with E-state index in [0.717, 1.165) is 43.9 Å². The predicted octanol–water partition coefficient (Wildman–Crippen LogP) is 5.41. The second kappa shape index (κ2) is 8.38. The van der Waals surface area contributed by atoms with Crippen LogP contribution in [-0.4, -0.2) is 33.4 Å². The second-order valence-electron chi connectivity index (χ2n) is 7.16. The molecule has 4 rings (SSSR count). The van der Waals surface area contributed by atoms with Crippen LogP contribution in [0.25, 0.3) is 11.4 Å². The van der Waals surface area contributed by atoms with E-state index in [0.29, 0.717) is 21.5 Å². The molecule has 28 heavy (non-hydrogen) atoms. The van der Waals surface area contributed by atoms with Gasteiger partial charge < -0.3 is 9.47 Å². The number of likely N-dealkylation sites (tertiary alicyclic amines) is 1. The number of carbonyl (C=O) groups is 1. The van der Waals surface area contributed by atoms with Crippen molar-refractivity contribution in [1.82, 2.24) is 14.5 Å². The summed E-state index contributed by atoms with van der Waals surface area (Å²) in [7, 11) is 0. The highest BCUT2D eigenvalue weighted by Gasteiger charge is 2.25. The summed E-state index contributed by atoms with van der Waals surface area (Å²) < 4.78 is 2.22. The van der Waals surface area contributed by atoms with Crippen LogP contribution in [0.1, 0.15) is 23.2 Å². The molecule has 0 aliphatic carbocycles. The maximum atomic E-state index is 12.8. The first-order valence-corrected chi connectivity index (χ1v) is 10.2. The fourth-order valence-corrected chi connectivity index (χ4v) is 4.29. The second-order valence-corrected chi connectivity index (χ2v) is 8.04. The highest BCUT2D eigenvalue weighted by atomic mass is 35.5. The Bertz CT molecular complexity index is 943. The summed E-state index contributed by atoms with van der Waals surface area (Å²) in [6.45, 7) is 2.39. The minimum atomic E-state index is -0.00421. The minimum absolute atomic E-state index is 0.00421. The van der Waals surface area contributed by atoms with Gasteiger partial charge in [-0.1, -0.05) is 53.5 Å². The van der Waals surface area contributed by atoms with Crippen LogP contribution in [0, 0.1) is 5.92 Å². The molecule has 6 heteroatoms. The number of nitrogens with zero attached hydrogens (tertiary/aromatic N) is 3. The van der Waals surface area contributed by atoms with Gasteiger partial charge in [-0.15, -0.1) is 0 Å². The molecule has 4 nitrogen and oxygen atoms in total. The molecule has 1 aliphatic rings. The predicted molar refractivity (Wildman–Crippen MR) is 113 cm³/mol. The van der Waals surface area contributed by atoms with E-state index in [-0.39, 0.29) is 5.91 Å². The van der Waals surface area contributed by atoms with Crippen molar-refractivity contribution >= 4 is 29.1 Å². The molecule has 1 saturated heterocycles. The number of benzene rings is 2. The summed E-state index contributed by atoms with van der Waals surface area (Å²) in [5, 5.41) is 0.971. The summed E-state index contributed by atoms with van der Waals surface area (Å²) in [6.07, 6.45) is 5.82. The molecule has 0 spiro atoms. The van der Waals surface area contributed by atoms with Gasteiger partial charge in [-0.05, 0) is 37.0 Å². The molecule has 0 saturated carbocycles. The number of amides is 1. The maximum Gasteiger partial charge on any atom is 0.253 e. The molecule has 1 aromatic heterocycles. The van der Waals surface area contributed by atoms with E-state index in [2.05, 4.69) is 21.7 Å². The molecule has 0 N–H and O–H groups in total. The summed E-state index contributed by atoms with van der Waals surface area (Å²) in [5.41, 5.74) is 1.68. The lowest BCUT2D eigenvalue weighted by Crippen LogP contribution is -2.39. The first kappa shape index (κ1) is 19.0. The number of rotatable bonds is 4. The SMILES string of the molecule is O=C(c1cc(Cl)cc(Cl)c1)N1CCC(Cn2ccnc2-c2ccccc2)CC1. The van der Waals surface area contributed by atoms with E-state index in [1.807, 2.05) is 35.5 Å². The Labute approximate surface area is 174 Å². The van der Waals surface area contributed by atoms with Crippen LogP contribution in [0.4, 0.5) is 0 Å². The van der Waals surface area contributed by atoms with Crippen molar-refractivity contribution in [2.75, 3.05) is 13.1 Å². The molecule has 2 heterocycles. The monoisotopic (exact) mass is 413 g/mol. The van der Waals surface area contributed by atoms with Crippen LogP contribution in [0.5, 0.6) is 0 Å². The van der Waals surface area contributed by atoms with Crippen LogP contribution in [0.2, 0.25) is 10.0 Å². The zero-order valence-corrected chi connectivity index (χ0v) is 16.9. The van der Waals surface area contributed by atoms with Crippen molar-refractivity contribution in [2.45, 2.75) is 19.4 Å². The normalized spacial score (nSPS) is 15.0. The summed E-state index contributed by atoms with van der Waals surface area (Å²) >= 11 is 12.1. The number of imidazole rings is 1. The van der Waals surface area contributed by atoms with Gasteiger partial charge in [-0.2, -0.15) is 0 Å². The van der Waals surface area contributed by atoms with Gasteiger partial charge in [0, 0.05) is 53.2 Å². The Morgan fingerprint density at radius 1 is 1.04 bits per heavy atom. The highest BCUT2D eigenvalue weighted by Crippen LogP contribution is 2.25. The average molecular weight is 414 g/mol. The fraction of sp³-hybridized carbons (Fsp3) is 0.273. The molecule has 3 aromatic rings. The van der Waals surface area contributed by atoms with Crippen molar-refractivity contribution in [1.29, 1.82) is 0 Å². The lowest BCUT2D eigenvalue weighted by Gasteiger charge is -2.32. The first-order chi connectivity index (χ1) is 13.6. The summed E-state index contributed by atoms with van der Waals surface area (Å²) in [6, 6.07) is 15.2. The van der Waals surface area contributed by atoms with Gasteiger partial charge in [0.25, 0.3) is 5.91 Å². The van der Waals surface area contributed by atoms with Gasteiger partial charge in [-0.25, -0.2) is 4.98 Å². The van der Waals surface area contributed by atoms with E-state index in [4.69, 9.17) is 23.2 Å². The molecule has 1 amide bonds. The van der Waals surface area contributed by atoms with Crippen molar-refractivity contribution in [2.24, 2.45) is 5.92 Å². The Kier molecular flexibility index (Phi) is 5.69. The molecule has 0 bridgehead atoms. The molecule has 2 aromatic carbocycles. The largest absolute Gasteiger partial charge is 0.339 e. The number of carbonyl (C=O) groups excluding carboxylic acids is 1. The van der Waals surface area contributed by atoms with E-state index in [9.17, 15) is 4.79 Å². The zero-order chi connectivity index (χ0) is 19.5. The average Bonchev–Trinajstić information content (AvgIpc) is 3.16. The summed E-state index contributed by atoms with van der Waals surface area (Å²) in [4.78, 5) is 19.2. The number of aromatic nitrogens is 2. The van der Waals surface area contributed by atoms with E-state index < -0.39 is 0 Å². The number of hydrogen-bond acceptors (Lipinski definition) is 2. The van der Waals surface area contributed by atoms with Gasteiger partial charge in [0.1, 0.15) is 5.82 Å². The Morgan fingerprint density at radius 2 is 1.71 bits per heavy atom. The van der Waals surface area contributed by atoms with Gasteiger partial charge >= 0.3 is 0 Å². The van der Waals surface area contributed by atoms with E-state index >= 15 is 0 Å². The molecule has 0 atom stereocenters. The quantitative estimate of drug-likeness (QED) is 0.573. The Hall–Kier alpha value is -2.30. The number of halogens is 2. The van der Waals surface area contributed by atoms with Crippen molar-refractivity contribution in [3.8, 4) is 11.4 Å². The van der Waals surface area contributed by atoms with Crippen LogP contribution in [0.15, 0.2) is 60.9 Å². The summed E-state index contributed by atoms with van der Waals surface area (Å²) in [5.74, 6) is 1.51. The molecule has 0 unspecified atom stereocenters. The van der Waals surface area contributed by atoms with E-state index in [1.165, 1.54) is 0 Å². The molecule has 144 valence electrons. The van der Waals surface area contributed by atoms with Crippen LogP contribution in [0.3, 0.4) is 0 Å². The molecule has 0 radical (unpaired) electrons. The number of hydrogen-bond donors (Lipinski definition) is 0. The fourth-order valence-electron chi connectivity index (χ4n) is 3.76. The van der Waals surface area contributed by atoms with Gasteiger partial charge in [0.15, 0.2) is 0 Å². The zero-order valence-electron chi connectivity index (χ0n) is 15.4. The van der Waals surface area contributed by atoms with Crippen LogP contribution >= 0.6 is 23.2 Å². The standard InChI is InChI=1S/C22H21Cl2N3O/c23-19-12-18(13-20(24)14-19)22(28)26-9-6-16(7-10-26)15-27-11-8-25-21(27)17-4-2-1-3-5-17/h1-5,8,11-14,16H,6-7,9-10,15H2. The van der Waals surface area contributed by atoms with E-state index in [1.54, 1.807) is 18.2 Å². The lowest BCUT2D eigenvalue weighted by molar-refractivity contribution is 0.0683. The molecule has 1 aliphatic heterocycles. The van der Waals surface area contributed by atoms with Crippen molar-refractivity contribution < 1.29 is 4.79 Å². The molecule has 1 fully saturated rings. The first-order valence-electron chi connectivity index (χ1n) is 9.42. The topological polar surface area (TPSA) is 38.1 Å². The molecular formula is C22H21Cl2N3O. The van der Waals surface area contributed by atoms with Gasteiger partial charge in [-0.3, -0.25) is 4.79 Å². The minimum Gasteiger partial charge on any atom is -0.339 e. The maximum absolute atomic E-state index is 12.8. The third-order valence-corrected chi connectivity index (χ3v) is 5.65. The highest BCUT2D eigenvalue weighted by molar-refractivity contribution is 6.35. The Balaban J connectivity index is 1.39.